The van der Waals surface area contributed by atoms with Gasteiger partial charge in [0.2, 0.25) is 5.71 Å². The third-order valence-electron chi connectivity index (χ3n) is 4.56. The number of fused-ring (bicyclic) bond motifs is 3. The van der Waals surface area contributed by atoms with Gasteiger partial charge in [0.05, 0.1) is 23.2 Å². The van der Waals surface area contributed by atoms with E-state index in [2.05, 4.69) is 20.5 Å². The number of hydrazone groups is 1. The minimum absolute atomic E-state index is 0.201. The molecule has 2 aromatic carbocycles. The quantitative estimate of drug-likeness (QED) is 0.239. The van der Waals surface area contributed by atoms with Crippen LogP contribution in [0.15, 0.2) is 86.3 Å². The average Bonchev–Trinajstić information content (AvgIpc) is 2.80. The Balaban J connectivity index is 1.66. The zero-order valence-corrected chi connectivity index (χ0v) is 16.4. The molecule has 2 heterocycles. The highest BCUT2D eigenvalue weighted by molar-refractivity contribution is 6.45. The first-order valence-corrected chi connectivity index (χ1v) is 9.26. The highest BCUT2D eigenvalue weighted by Crippen LogP contribution is 2.25. The SMILES string of the molecule is C/C(=N\NC(=O)C(C#N)=Nc1cccnc1)c1cc2c(ccc3ccccc32)oc1=O. The van der Waals surface area contributed by atoms with Crippen LogP contribution in [0, 0.1) is 11.3 Å². The Hall–Kier alpha value is -4.64. The van der Waals surface area contributed by atoms with Gasteiger partial charge < -0.3 is 4.42 Å². The van der Waals surface area contributed by atoms with Crippen LogP contribution in [0.2, 0.25) is 0 Å². The van der Waals surface area contributed by atoms with E-state index in [-0.39, 0.29) is 17.0 Å². The second kappa shape index (κ2) is 8.39. The zero-order valence-electron chi connectivity index (χ0n) is 16.4. The van der Waals surface area contributed by atoms with Gasteiger partial charge in [0.15, 0.2) is 0 Å². The lowest BCUT2D eigenvalue weighted by molar-refractivity contribution is -0.114. The monoisotopic (exact) mass is 409 g/mol. The molecule has 0 unspecified atom stereocenters. The number of benzene rings is 2. The van der Waals surface area contributed by atoms with E-state index in [0.29, 0.717) is 11.3 Å². The van der Waals surface area contributed by atoms with Gasteiger partial charge in [0.25, 0.3) is 0 Å². The van der Waals surface area contributed by atoms with Gasteiger partial charge in [-0.15, -0.1) is 0 Å². The number of pyridine rings is 1. The molecule has 0 aliphatic heterocycles. The van der Waals surface area contributed by atoms with Crippen molar-refractivity contribution in [2.24, 2.45) is 10.1 Å². The number of aliphatic imine (C=N–C) groups is 1. The Morgan fingerprint density at radius 2 is 1.97 bits per heavy atom. The van der Waals surface area contributed by atoms with Crippen LogP contribution in [0.25, 0.3) is 21.7 Å². The van der Waals surface area contributed by atoms with E-state index in [4.69, 9.17) is 4.42 Å². The lowest BCUT2D eigenvalue weighted by Crippen LogP contribution is -2.27. The first-order valence-electron chi connectivity index (χ1n) is 9.26. The zero-order chi connectivity index (χ0) is 21.8. The highest BCUT2D eigenvalue weighted by atomic mass is 16.4. The molecule has 1 N–H and O–H groups in total. The summed E-state index contributed by atoms with van der Waals surface area (Å²) in [6.45, 7) is 1.56. The third-order valence-corrected chi connectivity index (χ3v) is 4.56. The van der Waals surface area contributed by atoms with Gasteiger partial charge >= 0.3 is 11.5 Å². The fraction of sp³-hybridized carbons (Fsp3) is 0.0435. The van der Waals surface area contributed by atoms with Crippen LogP contribution in [-0.2, 0) is 4.79 Å². The van der Waals surface area contributed by atoms with Crippen molar-refractivity contribution in [2.45, 2.75) is 6.92 Å². The summed E-state index contributed by atoms with van der Waals surface area (Å²) >= 11 is 0. The minimum Gasteiger partial charge on any atom is -0.422 e. The number of nitrogens with one attached hydrogen (secondary N) is 1. The lowest BCUT2D eigenvalue weighted by atomic mass is 10.0. The first-order chi connectivity index (χ1) is 15.1. The number of hydrogen-bond acceptors (Lipinski definition) is 7. The Morgan fingerprint density at radius 1 is 1.13 bits per heavy atom. The van der Waals surface area contributed by atoms with Crippen molar-refractivity contribution in [3.05, 3.63) is 83.0 Å². The summed E-state index contributed by atoms with van der Waals surface area (Å²) in [5.41, 5.74) is 2.54. The average molecular weight is 409 g/mol. The molecule has 0 bridgehead atoms. The Kier molecular flexibility index (Phi) is 5.32. The molecule has 1 amide bonds. The molecule has 0 spiro atoms. The van der Waals surface area contributed by atoms with Gasteiger partial charge in [-0.2, -0.15) is 10.4 Å². The second-order valence-electron chi connectivity index (χ2n) is 6.57. The molecule has 2 aromatic heterocycles. The number of carbonyl (C=O) groups excluding carboxylic acids is 1. The number of carbonyl (C=O) groups is 1. The number of aromatic nitrogens is 1. The summed E-state index contributed by atoms with van der Waals surface area (Å²) in [5, 5.41) is 15.9. The molecule has 8 nitrogen and oxygen atoms in total. The van der Waals surface area contributed by atoms with Crippen LogP contribution in [0.3, 0.4) is 0 Å². The molecule has 0 fully saturated rings. The van der Waals surface area contributed by atoms with E-state index in [1.165, 1.54) is 6.20 Å². The Labute approximate surface area is 176 Å². The van der Waals surface area contributed by atoms with Crippen molar-refractivity contribution in [1.29, 1.82) is 5.26 Å². The van der Waals surface area contributed by atoms with Gasteiger partial charge in [0, 0.05) is 11.6 Å². The molecule has 0 radical (unpaired) electrons. The summed E-state index contributed by atoms with van der Waals surface area (Å²) in [6, 6.07) is 18.0. The van der Waals surface area contributed by atoms with Crippen LogP contribution in [-0.4, -0.2) is 22.3 Å². The highest BCUT2D eigenvalue weighted by Gasteiger charge is 2.13. The van der Waals surface area contributed by atoms with E-state index < -0.39 is 11.5 Å². The van der Waals surface area contributed by atoms with Gasteiger partial charge in [-0.3, -0.25) is 9.78 Å². The second-order valence-corrected chi connectivity index (χ2v) is 6.57. The van der Waals surface area contributed by atoms with E-state index in [9.17, 15) is 14.9 Å². The van der Waals surface area contributed by atoms with Crippen molar-refractivity contribution in [3.8, 4) is 6.07 Å². The first kappa shape index (κ1) is 19.7. The molecule has 0 aliphatic rings. The molecule has 8 heteroatoms. The lowest BCUT2D eigenvalue weighted by Gasteiger charge is -2.06. The summed E-state index contributed by atoms with van der Waals surface area (Å²) in [6.07, 6.45) is 2.97. The topological polar surface area (TPSA) is 121 Å². The summed E-state index contributed by atoms with van der Waals surface area (Å²) in [5.74, 6) is -0.804. The number of rotatable bonds is 4. The van der Waals surface area contributed by atoms with Gasteiger partial charge in [-0.25, -0.2) is 15.2 Å². The maximum atomic E-state index is 12.4. The van der Waals surface area contributed by atoms with Crippen molar-refractivity contribution in [1.82, 2.24) is 10.4 Å². The van der Waals surface area contributed by atoms with E-state index in [1.807, 2.05) is 30.3 Å². The number of nitriles is 1. The van der Waals surface area contributed by atoms with Crippen molar-refractivity contribution in [2.75, 3.05) is 0 Å². The summed E-state index contributed by atoms with van der Waals surface area (Å²) in [4.78, 5) is 32.6. The standard InChI is InChI=1S/C23H15N5O3/c1-14(27-28-22(29)20(12-24)26-16-6-4-10-25-13-16)18-11-19-17-7-3-2-5-15(17)8-9-21(19)31-23(18)30/h2-11,13H,1H3,(H,28,29)/b26-20?,27-14+. The summed E-state index contributed by atoms with van der Waals surface area (Å²) in [7, 11) is 0. The Bertz CT molecular complexity index is 1460. The number of amides is 1. The molecular formula is C23H15N5O3. The van der Waals surface area contributed by atoms with Crippen LogP contribution in [0.1, 0.15) is 12.5 Å². The van der Waals surface area contributed by atoms with Gasteiger partial charge in [0.1, 0.15) is 11.7 Å². The molecule has 0 aliphatic carbocycles. The number of hydrogen-bond donors (Lipinski definition) is 1. The number of nitrogens with zero attached hydrogens (tertiary/aromatic N) is 4. The van der Waals surface area contributed by atoms with Crippen molar-refractivity contribution >= 4 is 44.8 Å². The Morgan fingerprint density at radius 3 is 2.74 bits per heavy atom. The van der Waals surface area contributed by atoms with Crippen LogP contribution < -0.4 is 11.1 Å². The predicted molar refractivity (Wildman–Crippen MR) is 117 cm³/mol. The summed E-state index contributed by atoms with van der Waals surface area (Å²) < 4.78 is 5.44. The van der Waals surface area contributed by atoms with Crippen molar-refractivity contribution < 1.29 is 9.21 Å². The molecule has 150 valence electrons. The molecular weight excluding hydrogens is 394 g/mol. The molecule has 0 saturated heterocycles. The smallest absolute Gasteiger partial charge is 0.345 e. The van der Waals surface area contributed by atoms with Crippen molar-refractivity contribution in [3.63, 3.8) is 0 Å². The fourth-order valence-corrected chi connectivity index (χ4v) is 3.05. The molecule has 31 heavy (non-hydrogen) atoms. The maximum Gasteiger partial charge on any atom is 0.345 e. The molecule has 4 aromatic rings. The molecule has 0 saturated carbocycles. The van der Waals surface area contributed by atoms with Crippen LogP contribution in [0.5, 0.6) is 0 Å². The fourth-order valence-electron chi connectivity index (χ4n) is 3.05. The van der Waals surface area contributed by atoms with Gasteiger partial charge in [-0.1, -0.05) is 30.3 Å². The van der Waals surface area contributed by atoms with E-state index in [0.717, 1.165) is 16.2 Å². The molecule has 0 atom stereocenters. The molecule has 4 rings (SSSR count). The third kappa shape index (κ3) is 4.06. The van der Waals surface area contributed by atoms with Crippen LogP contribution in [0.4, 0.5) is 5.69 Å². The maximum absolute atomic E-state index is 12.4. The largest absolute Gasteiger partial charge is 0.422 e. The van der Waals surface area contributed by atoms with E-state index >= 15 is 0 Å². The van der Waals surface area contributed by atoms with Crippen LogP contribution >= 0.6 is 0 Å². The minimum atomic E-state index is -0.804. The van der Waals surface area contributed by atoms with Gasteiger partial charge in [-0.05, 0) is 42.0 Å². The van der Waals surface area contributed by atoms with E-state index in [1.54, 1.807) is 43.5 Å². The normalized spacial score (nSPS) is 12.0. The predicted octanol–water partition coefficient (Wildman–Crippen LogP) is 3.48.